The van der Waals surface area contributed by atoms with Gasteiger partial charge in [0.05, 0.1) is 6.54 Å². The summed E-state index contributed by atoms with van der Waals surface area (Å²) in [4.78, 5) is 15.7. The fourth-order valence-corrected chi connectivity index (χ4v) is 3.72. The lowest BCUT2D eigenvalue weighted by molar-refractivity contribution is -0.121. The fraction of sp³-hybridized carbons (Fsp3) is 0.389. The number of rotatable bonds is 6. The van der Waals surface area contributed by atoms with Gasteiger partial charge < -0.3 is 5.32 Å². The van der Waals surface area contributed by atoms with E-state index in [4.69, 9.17) is 0 Å². The molecule has 0 bridgehead atoms. The van der Waals surface area contributed by atoms with E-state index >= 15 is 0 Å². The summed E-state index contributed by atoms with van der Waals surface area (Å²) >= 11 is 1.68. The molecular formula is C18H22N2OS. The van der Waals surface area contributed by atoms with Crippen LogP contribution in [0.4, 0.5) is 0 Å². The SMILES string of the molecule is O=C(CCN1CCCC1c1ccccc1)NCc1cccs1. The molecule has 1 aliphatic rings. The fourth-order valence-electron chi connectivity index (χ4n) is 3.08. The molecule has 1 atom stereocenters. The zero-order chi connectivity index (χ0) is 15.2. The second-order valence-electron chi connectivity index (χ2n) is 5.71. The molecule has 1 aliphatic heterocycles. The number of hydrogen-bond donors (Lipinski definition) is 1. The van der Waals surface area contributed by atoms with Crippen molar-refractivity contribution >= 4 is 17.2 Å². The number of carbonyl (C=O) groups is 1. The number of hydrogen-bond acceptors (Lipinski definition) is 3. The van der Waals surface area contributed by atoms with Crippen LogP contribution in [0.3, 0.4) is 0 Å². The van der Waals surface area contributed by atoms with Gasteiger partial charge in [0.1, 0.15) is 0 Å². The number of likely N-dealkylation sites (tertiary alicyclic amines) is 1. The van der Waals surface area contributed by atoms with Gasteiger partial charge in [-0.25, -0.2) is 0 Å². The van der Waals surface area contributed by atoms with Gasteiger partial charge in [0.25, 0.3) is 0 Å². The van der Waals surface area contributed by atoms with E-state index in [-0.39, 0.29) is 5.91 Å². The lowest BCUT2D eigenvalue weighted by atomic mass is 10.0. The van der Waals surface area contributed by atoms with Crippen molar-refractivity contribution in [1.29, 1.82) is 0 Å². The van der Waals surface area contributed by atoms with Crippen LogP contribution in [-0.4, -0.2) is 23.9 Å². The standard InChI is InChI=1S/C18H22N2OS/c21-18(19-14-16-8-5-13-22-16)10-12-20-11-4-9-17(20)15-6-2-1-3-7-15/h1-3,5-8,13,17H,4,9-12,14H2,(H,19,21). The molecule has 22 heavy (non-hydrogen) atoms. The first-order valence-corrected chi connectivity index (χ1v) is 8.79. The van der Waals surface area contributed by atoms with E-state index in [0.717, 1.165) is 13.1 Å². The topological polar surface area (TPSA) is 32.3 Å². The molecular weight excluding hydrogens is 292 g/mol. The Morgan fingerprint density at radius 3 is 2.86 bits per heavy atom. The maximum Gasteiger partial charge on any atom is 0.221 e. The summed E-state index contributed by atoms with van der Waals surface area (Å²) in [6, 6.07) is 15.2. The predicted molar refractivity (Wildman–Crippen MR) is 90.8 cm³/mol. The molecule has 1 saturated heterocycles. The van der Waals surface area contributed by atoms with Crippen molar-refractivity contribution in [3.05, 3.63) is 58.3 Å². The lowest BCUT2D eigenvalue weighted by Crippen LogP contribution is -2.30. The van der Waals surface area contributed by atoms with Gasteiger partial charge in [0.15, 0.2) is 0 Å². The largest absolute Gasteiger partial charge is 0.351 e. The van der Waals surface area contributed by atoms with Crippen LogP contribution in [0.1, 0.15) is 35.7 Å². The number of thiophene rings is 1. The minimum absolute atomic E-state index is 0.145. The lowest BCUT2D eigenvalue weighted by Gasteiger charge is -2.24. The van der Waals surface area contributed by atoms with Gasteiger partial charge in [-0.2, -0.15) is 0 Å². The Hall–Kier alpha value is -1.65. The van der Waals surface area contributed by atoms with Gasteiger partial charge >= 0.3 is 0 Å². The number of benzene rings is 1. The molecule has 0 spiro atoms. The summed E-state index contributed by atoms with van der Waals surface area (Å²) in [6.07, 6.45) is 2.99. The molecule has 2 aromatic rings. The molecule has 1 amide bonds. The van der Waals surface area contributed by atoms with Crippen LogP contribution in [0.2, 0.25) is 0 Å². The minimum Gasteiger partial charge on any atom is -0.351 e. The third-order valence-electron chi connectivity index (χ3n) is 4.21. The van der Waals surface area contributed by atoms with E-state index in [9.17, 15) is 4.79 Å². The highest BCUT2D eigenvalue weighted by atomic mass is 32.1. The summed E-state index contributed by atoms with van der Waals surface area (Å²) < 4.78 is 0. The van der Waals surface area contributed by atoms with Crippen molar-refractivity contribution in [3.8, 4) is 0 Å². The summed E-state index contributed by atoms with van der Waals surface area (Å²) in [6.45, 7) is 2.59. The molecule has 1 aromatic carbocycles. The molecule has 3 nitrogen and oxygen atoms in total. The summed E-state index contributed by atoms with van der Waals surface area (Å²) in [5.74, 6) is 0.145. The van der Waals surface area contributed by atoms with Gasteiger partial charge in [-0.1, -0.05) is 36.4 Å². The highest BCUT2D eigenvalue weighted by molar-refractivity contribution is 7.09. The second-order valence-corrected chi connectivity index (χ2v) is 6.74. The van der Waals surface area contributed by atoms with Crippen LogP contribution in [-0.2, 0) is 11.3 Å². The molecule has 0 saturated carbocycles. The molecule has 1 unspecified atom stereocenters. The third-order valence-corrected chi connectivity index (χ3v) is 5.09. The summed E-state index contributed by atoms with van der Waals surface area (Å²) in [5.41, 5.74) is 1.37. The third kappa shape index (κ3) is 3.96. The Bertz CT molecular complexity index is 582. The van der Waals surface area contributed by atoms with Crippen LogP contribution in [0.5, 0.6) is 0 Å². The molecule has 3 rings (SSSR count). The van der Waals surface area contributed by atoms with Crippen LogP contribution in [0.15, 0.2) is 47.8 Å². The molecule has 1 N–H and O–H groups in total. The Morgan fingerprint density at radius 1 is 1.23 bits per heavy atom. The predicted octanol–water partition coefficient (Wildman–Crippen LogP) is 3.59. The van der Waals surface area contributed by atoms with E-state index in [1.54, 1.807) is 11.3 Å². The van der Waals surface area contributed by atoms with E-state index < -0.39 is 0 Å². The van der Waals surface area contributed by atoms with Crippen molar-refractivity contribution in [1.82, 2.24) is 10.2 Å². The Morgan fingerprint density at radius 2 is 2.09 bits per heavy atom. The van der Waals surface area contributed by atoms with E-state index in [2.05, 4.69) is 46.6 Å². The molecule has 116 valence electrons. The Labute approximate surface area is 136 Å². The monoisotopic (exact) mass is 314 g/mol. The normalized spacial score (nSPS) is 18.5. The van der Waals surface area contributed by atoms with Gasteiger partial charge in [-0.15, -0.1) is 11.3 Å². The van der Waals surface area contributed by atoms with Gasteiger partial charge in [-0.3, -0.25) is 9.69 Å². The first-order valence-electron chi connectivity index (χ1n) is 7.91. The van der Waals surface area contributed by atoms with Gasteiger partial charge in [0, 0.05) is 23.9 Å². The van der Waals surface area contributed by atoms with Crippen molar-refractivity contribution in [2.45, 2.75) is 31.8 Å². The van der Waals surface area contributed by atoms with Crippen molar-refractivity contribution in [2.24, 2.45) is 0 Å². The quantitative estimate of drug-likeness (QED) is 0.883. The second kappa shape index (κ2) is 7.56. The molecule has 1 fully saturated rings. The van der Waals surface area contributed by atoms with Crippen LogP contribution in [0, 0.1) is 0 Å². The minimum atomic E-state index is 0.145. The zero-order valence-corrected chi connectivity index (χ0v) is 13.5. The molecule has 0 aliphatic carbocycles. The number of amides is 1. The maximum absolute atomic E-state index is 12.0. The maximum atomic E-state index is 12.0. The average Bonchev–Trinajstić information content (AvgIpc) is 3.23. The van der Waals surface area contributed by atoms with E-state index in [0.29, 0.717) is 19.0 Å². The summed E-state index contributed by atoms with van der Waals surface area (Å²) in [7, 11) is 0. The molecule has 4 heteroatoms. The van der Waals surface area contributed by atoms with Crippen LogP contribution >= 0.6 is 11.3 Å². The van der Waals surface area contributed by atoms with Gasteiger partial charge in [0.2, 0.25) is 5.91 Å². The smallest absolute Gasteiger partial charge is 0.221 e. The van der Waals surface area contributed by atoms with E-state index in [1.165, 1.54) is 23.3 Å². The molecule has 2 heterocycles. The van der Waals surface area contributed by atoms with Crippen molar-refractivity contribution in [2.75, 3.05) is 13.1 Å². The van der Waals surface area contributed by atoms with Crippen molar-refractivity contribution in [3.63, 3.8) is 0 Å². The number of nitrogens with one attached hydrogen (secondary N) is 1. The zero-order valence-electron chi connectivity index (χ0n) is 12.7. The molecule has 0 radical (unpaired) electrons. The Kier molecular flexibility index (Phi) is 5.24. The van der Waals surface area contributed by atoms with Crippen LogP contribution < -0.4 is 5.32 Å². The number of nitrogens with zero attached hydrogens (tertiary/aromatic N) is 1. The van der Waals surface area contributed by atoms with Crippen LogP contribution in [0.25, 0.3) is 0 Å². The average molecular weight is 314 g/mol. The first-order chi connectivity index (χ1) is 10.8. The first kappa shape index (κ1) is 15.3. The summed E-state index contributed by atoms with van der Waals surface area (Å²) in [5, 5.41) is 5.05. The van der Waals surface area contributed by atoms with Gasteiger partial charge in [-0.05, 0) is 36.4 Å². The van der Waals surface area contributed by atoms with E-state index in [1.807, 2.05) is 11.4 Å². The number of carbonyl (C=O) groups excluding carboxylic acids is 1. The highest BCUT2D eigenvalue weighted by Gasteiger charge is 2.25. The Balaban J connectivity index is 1.47. The highest BCUT2D eigenvalue weighted by Crippen LogP contribution is 2.31. The molecule has 1 aromatic heterocycles. The van der Waals surface area contributed by atoms with Crippen molar-refractivity contribution < 1.29 is 4.79 Å².